The molecule has 0 N–H and O–H groups in total. The number of ketones is 1. The molecule has 2 rings (SSSR count). The van der Waals surface area contributed by atoms with Gasteiger partial charge in [-0.3, -0.25) is 14.4 Å². The number of carbonyl (C=O) groups is 3. The molecule has 0 aliphatic heterocycles. The highest BCUT2D eigenvalue weighted by molar-refractivity contribution is 6.09. The van der Waals surface area contributed by atoms with Gasteiger partial charge in [-0.25, -0.2) is 4.79 Å². The Bertz CT molecular complexity index is 816. The van der Waals surface area contributed by atoms with Gasteiger partial charge < -0.3 is 13.9 Å². The molecule has 0 amide bonds. The van der Waals surface area contributed by atoms with Gasteiger partial charge in [0.15, 0.2) is 6.61 Å². The number of hydrogen-bond donors (Lipinski definition) is 0. The summed E-state index contributed by atoms with van der Waals surface area (Å²) in [5.41, 5.74) is -0.680. The van der Waals surface area contributed by atoms with Crippen LogP contribution >= 0.6 is 0 Å². The number of fused-ring (bicyclic) bond motifs is 1. The summed E-state index contributed by atoms with van der Waals surface area (Å²) in [4.78, 5) is 45.8. The number of hydrogen-bond acceptors (Lipinski definition) is 7. The average Bonchev–Trinajstić information content (AvgIpc) is 2.44. The van der Waals surface area contributed by atoms with Gasteiger partial charge in [-0.1, -0.05) is 12.1 Å². The zero-order chi connectivity index (χ0) is 16.3. The maximum atomic E-state index is 12.1. The Morgan fingerprint density at radius 3 is 2.50 bits per heavy atom. The van der Waals surface area contributed by atoms with Crippen molar-refractivity contribution in [3.8, 4) is 5.75 Å². The SMILES string of the molecule is CC(=O)OCC(=O)c1coc(=O)c2c(OC(C)=O)cccc12. The van der Waals surface area contributed by atoms with Crippen molar-refractivity contribution in [1.29, 1.82) is 0 Å². The van der Waals surface area contributed by atoms with E-state index in [1.54, 1.807) is 0 Å². The standard InChI is InChI=1S/C15H12O7/c1-8(16)20-7-12(18)11-6-21-15(19)14-10(11)4-3-5-13(14)22-9(2)17/h3-6H,7H2,1-2H3. The van der Waals surface area contributed by atoms with Crippen LogP contribution in [0.1, 0.15) is 24.2 Å². The molecule has 0 aliphatic carbocycles. The normalized spacial score (nSPS) is 10.3. The second-order valence-corrected chi connectivity index (χ2v) is 4.41. The first-order chi connectivity index (χ1) is 10.4. The van der Waals surface area contributed by atoms with Gasteiger partial charge in [-0.05, 0) is 6.07 Å². The Morgan fingerprint density at radius 2 is 1.86 bits per heavy atom. The topological polar surface area (TPSA) is 99.9 Å². The van der Waals surface area contributed by atoms with Crippen LogP contribution in [0.25, 0.3) is 10.8 Å². The number of benzene rings is 1. The van der Waals surface area contributed by atoms with Crippen molar-refractivity contribution >= 4 is 28.5 Å². The van der Waals surface area contributed by atoms with Crippen LogP contribution < -0.4 is 10.4 Å². The van der Waals surface area contributed by atoms with Crippen LogP contribution in [0.5, 0.6) is 5.75 Å². The lowest BCUT2D eigenvalue weighted by Gasteiger charge is -2.08. The molecule has 0 radical (unpaired) electrons. The van der Waals surface area contributed by atoms with Crippen molar-refractivity contribution < 1.29 is 28.3 Å². The minimum Gasteiger partial charge on any atom is -0.457 e. The molecule has 2 aromatic rings. The lowest BCUT2D eigenvalue weighted by Crippen LogP contribution is -2.14. The monoisotopic (exact) mass is 304 g/mol. The van der Waals surface area contributed by atoms with Gasteiger partial charge in [0.05, 0.1) is 5.56 Å². The molecule has 0 spiro atoms. The average molecular weight is 304 g/mol. The molecule has 0 aliphatic rings. The first-order valence-electron chi connectivity index (χ1n) is 6.29. The minimum atomic E-state index is -0.740. The van der Waals surface area contributed by atoms with Crippen LogP contribution in [0.15, 0.2) is 33.7 Å². The van der Waals surface area contributed by atoms with Gasteiger partial charge >= 0.3 is 17.6 Å². The molecule has 0 unspecified atom stereocenters. The lowest BCUT2D eigenvalue weighted by molar-refractivity contribution is -0.139. The van der Waals surface area contributed by atoms with Gasteiger partial charge in [0, 0.05) is 19.2 Å². The van der Waals surface area contributed by atoms with E-state index >= 15 is 0 Å². The molecule has 0 atom stereocenters. The van der Waals surface area contributed by atoms with Crippen molar-refractivity contribution in [2.45, 2.75) is 13.8 Å². The molecule has 0 saturated carbocycles. The van der Waals surface area contributed by atoms with Gasteiger partial charge in [0.1, 0.15) is 17.4 Å². The Kier molecular flexibility index (Phi) is 4.36. The van der Waals surface area contributed by atoms with E-state index in [1.165, 1.54) is 32.0 Å². The van der Waals surface area contributed by atoms with Crippen LogP contribution in [-0.2, 0) is 14.3 Å². The molecule has 0 fully saturated rings. The zero-order valence-corrected chi connectivity index (χ0v) is 11.9. The molecule has 7 heteroatoms. The summed E-state index contributed by atoms with van der Waals surface area (Å²) in [6.45, 7) is 1.89. The Morgan fingerprint density at radius 1 is 1.14 bits per heavy atom. The summed E-state index contributed by atoms with van der Waals surface area (Å²) in [5, 5.41) is 0.235. The minimum absolute atomic E-state index is 0.000821. The Labute approximate surface area is 124 Å². The summed E-state index contributed by atoms with van der Waals surface area (Å²) in [6, 6.07) is 4.46. The zero-order valence-electron chi connectivity index (χ0n) is 11.9. The van der Waals surface area contributed by atoms with Gasteiger partial charge in [-0.2, -0.15) is 0 Å². The fourth-order valence-electron chi connectivity index (χ4n) is 1.90. The fraction of sp³-hybridized carbons (Fsp3) is 0.200. The third-order valence-corrected chi connectivity index (χ3v) is 2.76. The molecular formula is C15H12O7. The van der Waals surface area contributed by atoms with Crippen molar-refractivity contribution in [3.63, 3.8) is 0 Å². The lowest BCUT2D eigenvalue weighted by atomic mass is 10.0. The molecule has 22 heavy (non-hydrogen) atoms. The maximum Gasteiger partial charge on any atom is 0.347 e. The summed E-state index contributed by atoms with van der Waals surface area (Å²) in [5.74, 6) is -1.75. The quantitative estimate of drug-likeness (QED) is 0.479. The molecule has 1 aromatic carbocycles. The van der Waals surface area contributed by atoms with Gasteiger partial charge in [0.25, 0.3) is 0 Å². The van der Waals surface area contributed by atoms with Gasteiger partial charge in [0.2, 0.25) is 5.78 Å². The van der Waals surface area contributed by atoms with Crippen molar-refractivity contribution in [2.24, 2.45) is 0 Å². The highest BCUT2D eigenvalue weighted by atomic mass is 16.5. The van der Waals surface area contributed by atoms with Crippen LogP contribution in [-0.4, -0.2) is 24.3 Å². The predicted octanol–water partition coefficient (Wildman–Crippen LogP) is 1.46. The van der Waals surface area contributed by atoms with E-state index in [4.69, 9.17) is 9.15 Å². The summed E-state index contributed by atoms with van der Waals surface area (Å²) in [6.07, 6.45) is 0.994. The third-order valence-electron chi connectivity index (χ3n) is 2.76. The largest absolute Gasteiger partial charge is 0.457 e. The van der Waals surface area contributed by atoms with E-state index in [1.807, 2.05) is 0 Å². The number of Topliss-reactive ketones (excluding diaryl/α,β-unsaturated/α-hetero) is 1. The van der Waals surface area contributed by atoms with E-state index < -0.39 is 30.0 Å². The van der Waals surface area contributed by atoms with E-state index in [0.29, 0.717) is 0 Å². The highest BCUT2D eigenvalue weighted by Crippen LogP contribution is 2.25. The number of rotatable bonds is 4. The van der Waals surface area contributed by atoms with Crippen LogP contribution in [0.4, 0.5) is 0 Å². The molecule has 114 valence electrons. The fourth-order valence-corrected chi connectivity index (χ4v) is 1.90. The van der Waals surface area contributed by atoms with E-state index in [2.05, 4.69) is 4.74 Å². The summed E-state index contributed by atoms with van der Waals surface area (Å²) < 4.78 is 14.4. The second kappa shape index (κ2) is 6.21. The first kappa shape index (κ1) is 15.4. The smallest absolute Gasteiger partial charge is 0.347 e. The number of carbonyl (C=O) groups excluding carboxylic acids is 3. The van der Waals surface area contributed by atoms with Crippen molar-refractivity contribution in [1.82, 2.24) is 0 Å². The predicted molar refractivity (Wildman–Crippen MR) is 74.8 cm³/mol. The van der Waals surface area contributed by atoms with E-state index in [0.717, 1.165) is 6.26 Å². The molecule has 0 saturated heterocycles. The summed E-state index contributed by atoms with van der Waals surface area (Å²) in [7, 11) is 0. The molecule has 1 aromatic heterocycles. The van der Waals surface area contributed by atoms with E-state index in [-0.39, 0.29) is 22.1 Å². The molecule has 7 nitrogen and oxygen atoms in total. The van der Waals surface area contributed by atoms with Crippen molar-refractivity contribution in [2.75, 3.05) is 6.61 Å². The Balaban J connectivity index is 2.56. The molecule has 0 bridgehead atoms. The third kappa shape index (κ3) is 3.20. The number of esters is 2. The van der Waals surface area contributed by atoms with E-state index in [9.17, 15) is 19.2 Å². The maximum absolute atomic E-state index is 12.1. The summed E-state index contributed by atoms with van der Waals surface area (Å²) >= 11 is 0. The molecular weight excluding hydrogens is 292 g/mol. The van der Waals surface area contributed by atoms with Gasteiger partial charge in [-0.15, -0.1) is 0 Å². The first-order valence-corrected chi connectivity index (χ1v) is 6.29. The number of ether oxygens (including phenoxy) is 2. The highest BCUT2D eigenvalue weighted by Gasteiger charge is 2.18. The van der Waals surface area contributed by atoms with Crippen LogP contribution in [0.2, 0.25) is 0 Å². The second-order valence-electron chi connectivity index (χ2n) is 4.41. The Hall–Kier alpha value is -2.96. The molecule has 1 heterocycles. The van der Waals surface area contributed by atoms with Crippen molar-refractivity contribution in [3.05, 3.63) is 40.4 Å². The van der Waals surface area contributed by atoms with Crippen LogP contribution in [0, 0.1) is 0 Å². The van der Waals surface area contributed by atoms with Crippen LogP contribution in [0.3, 0.4) is 0 Å².